The number of hydrogen-bond donors (Lipinski definition) is 1. The van der Waals surface area contributed by atoms with Gasteiger partial charge in [-0.1, -0.05) is 19.8 Å². The molecule has 0 aliphatic carbocycles. The predicted octanol–water partition coefficient (Wildman–Crippen LogP) is 2.36. The summed E-state index contributed by atoms with van der Waals surface area (Å²) >= 11 is 0. The number of carboxylic acid groups (broad SMARTS) is 1. The SMILES string of the molecule is CCCC1CCN(CCCC(=O)O)CC1. The molecule has 0 aromatic carbocycles. The van der Waals surface area contributed by atoms with E-state index < -0.39 is 5.97 Å². The summed E-state index contributed by atoms with van der Waals surface area (Å²) in [6.07, 6.45) is 6.39. The van der Waals surface area contributed by atoms with E-state index in [4.69, 9.17) is 5.11 Å². The van der Waals surface area contributed by atoms with Gasteiger partial charge in [-0.15, -0.1) is 0 Å². The maximum Gasteiger partial charge on any atom is 0.303 e. The van der Waals surface area contributed by atoms with Gasteiger partial charge in [-0.2, -0.15) is 0 Å². The minimum atomic E-state index is -0.670. The fourth-order valence-corrected chi connectivity index (χ4v) is 2.36. The van der Waals surface area contributed by atoms with Crippen LogP contribution in [-0.2, 0) is 4.79 Å². The molecule has 1 N–H and O–H groups in total. The Balaban J connectivity index is 2.06. The predicted molar refractivity (Wildman–Crippen MR) is 60.9 cm³/mol. The lowest BCUT2D eigenvalue weighted by atomic mass is 9.92. The first-order valence-corrected chi connectivity index (χ1v) is 6.16. The largest absolute Gasteiger partial charge is 0.481 e. The van der Waals surface area contributed by atoms with E-state index >= 15 is 0 Å². The summed E-state index contributed by atoms with van der Waals surface area (Å²) in [5, 5.41) is 8.54. The number of carbonyl (C=O) groups is 1. The van der Waals surface area contributed by atoms with Crippen molar-refractivity contribution in [1.82, 2.24) is 4.90 Å². The van der Waals surface area contributed by atoms with Crippen LogP contribution in [0.1, 0.15) is 45.4 Å². The van der Waals surface area contributed by atoms with Gasteiger partial charge in [0.15, 0.2) is 0 Å². The van der Waals surface area contributed by atoms with Gasteiger partial charge in [-0.25, -0.2) is 0 Å². The second-order valence-electron chi connectivity index (χ2n) is 4.57. The van der Waals surface area contributed by atoms with Gasteiger partial charge in [-0.3, -0.25) is 4.79 Å². The highest BCUT2D eigenvalue weighted by atomic mass is 16.4. The van der Waals surface area contributed by atoms with Gasteiger partial charge in [0.1, 0.15) is 0 Å². The first-order chi connectivity index (χ1) is 7.22. The van der Waals surface area contributed by atoms with Gasteiger partial charge >= 0.3 is 5.97 Å². The molecule has 1 aliphatic rings. The Bertz CT molecular complexity index is 186. The molecule has 0 saturated carbocycles. The smallest absolute Gasteiger partial charge is 0.303 e. The third-order valence-electron chi connectivity index (χ3n) is 3.27. The van der Waals surface area contributed by atoms with Gasteiger partial charge in [0.25, 0.3) is 0 Å². The van der Waals surface area contributed by atoms with Crippen molar-refractivity contribution in [3.63, 3.8) is 0 Å². The normalized spacial score (nSPS) is 19.3. The van der Waals surface area contributed by atoms with E-state index in [1.54, 1.807) is 0 Å². The Morgan fingerprint density at radius 1 is 1.40 bits per heavy atom. The molecule has 1 saturated heterocycles. The molecular formula is C12H23NO2. The van der Waals surface area contributed by atoms with E-state index in [2.05, 4.69) is 11.8 Å². The molecule has 15 heavy (non-hydrogen) atoms. The van der Waals surface area contributed by atoms with E-state index in [1.807, 2.05) is 0 Å². The van der Waals surface area contributed by atoms with Crippen LogP contribution in [0.15, 0.2) is 0 Å². The molecule has 3 heteroatoms. The van der Waals surface area contributed by atoms with Crippen molar-refractivity contribution in [2.75, 3.05) is 19.6 Å². The van der Waals surface area contributed by atoms with Crippen molar-refractivity contribution < 1.29 is 9.90 Å². The van der Waals surface area contributed by atoms with Gasteiger partial charge in [-0.05, 0) is 44.8 Å². The Hall–Kier alpha value is -0.570. The molecule has 88 valence electrons. The topological polar surface area (TPSA) is 40.5 Å². The van der Waals surface area contributed by atoms with Gasteiger partial charge < -0.3 is 10.0 Å². The maximum absolute atomic E-state index is 10.4. The standard InChI is InChI=1S/C12H23NO2/c1-2-4-11-6-9-13(10-7-11)8-3-5-12(14)15/h11H,2-10H2,1H3,(H,14,15). The van der Waals surface area contributed by atoms with Crippen molar-refractivity contribution in [2.45, 2.75) is 45.4 Å². The summed E-state index contributed by atoms with van der Waals surface area (Å²) in [5.74, 6) is 0.251. The van der Waals surface area contributed by atoms with Crippen LogP contribution in [0.3, 0.4) is 0 Å². The average Bonchev–Trinajstić information content (AvgIpc) is 2.20. The Labute approximate surface area is 92.5 Å². The summed E-state index contributed by atoms with van der Waals surface area (Å²) < 4.78 is 0. The zero-order valence-electron chi connectivity index (χ0n) is 9.74. The summed E-state index contributed by atoms with van der Waals surface area (Å²) in [6.45, 7) is 5.55. The molecule has 3 nitrogen and oxygen atoms in total. The summed E-state index contributed by atoms with van der Waals surface area (Å²) in [7, 11) is 0. The number of likely N-dealkylation sites (tertiary alicyclic amines) is 1. The third kappa shape index (κ3) is 5.17. The molecule has 0 amide bonds. The lowest BCUT2D eigenvalue weighted by molar-refractivity contribution is -0.137. The number of rotatable bonds is 6. The lowest BCUT2D eigenvalue weighted by Gasteiger charge is -2.31. The third-order valence-corrected chi connectivity index (χ3v) is 3.27. The minimum Gasteiger partial charge on any atom is -0.481 e. The van der Waals surface area contributed by atoms with Crippen molar-refractivity contribution in [3.05, 3.63) is 0 Å². The summed E-state index contributed by atoms with van der Waals surface area (Å²) in [6, 6.07) is 0. The van der Waals surface area contributed by atoms with E-state index in [1.165, 1.54) is 38.8 Å². The minimum absolute atomic E-state index is 0.314. The molecule has 1 heterocycles. The van der Waals surface area contributed by atoms with Crippen molar-refractivity contribution in [1.29, 1.82) is 0 Å². The van der Waals surface area contributed by atoms with Crippen LogP contribution in [-0.4, -0.2) is 35.6 Å². The number of aliphatic carboxylic acids is 1. The summed E-state index contributed by atoms with van der Waals surface area (Å²) in [5.41, 5.74) is 0. The zero-order chi connectivity index (χ0) is 11.1. The highest BCUT2D eigenvalue weighted by Crippen LogP contribution is 2.21. The molecule has 0 bridgehead atoms. The van der Waals surface area contributed by atoms with Crippen LogP contribution < -0.4 is 0 Å². The molecule has 1 rings (SSSR count). The number of hydrogen-bond acceptors (Lipinski definition) is 2. The molecule has 1 aliphatic heterocycles. The van der Waals surface area contributed by atoms with E-state index in [0.29, 0.717) is 6.42 Å². The van der Waals surface area contributed by atoms with Crippen LogP contribution in [0.25, 0.3) is 0 Å². The monoisotopic (exact) mass is 213 g/mol. The molecule has 0 spiro atoms. The van der Waals surface area contributed by atoms with Crippen LogP contribution in [0.5, 0.6) is 0 Å². The first kappa shape index (κ1) is 12.5. The van der Waals surface area contributed by atoms with Gasteiger partial charge in [0.2, 0.25) is 0 Å². The quantitative estimate of drug-likeness (QED) is 0.736. The fourth-order valence-electron chi connectivity index (χ4n) is 2.36. The maximum atomic E-state index is 10.4. The average molecular weight is 213 g/mol. The Morgan fingerprint density at radius 3 is 2.60 bits per heavy atom. The van der Waals surface area contributed by atoms with Crippen molar-refractivity contribution in [2.24, 2.45) is 5.92 Å². The molecule has 0 aromatic heterocycles. The van der Waals surface area contributed by atoms with Crippen molar-refractivity contribution >= 4 is 5.97 Å². The van der Waals surface area contributed by atoms with Crippen molar-refractivity contribution in [3.8, 4) is 0 Å². The fraction of sp³-hybridized carbons (Fsp3) is 0.917. The molecule has 0 unspecified atom stereocenters. The second-order valence-corrected chi connectivity index (χ2v) is 4.57. The number of nitrogens with zero attached hydrogens (tertiary/aromatic N) is 1. The lowest BCUT2D eigenvalue weighted by Crippen LogP contribution is -2.34. The second kappa shape index (κ2) is 6.83. The van der Waals surface area contributed by atoms with Gasteiger partial charge in [0, 0.05) is 6.42 Å². The van der Waals surface area contributed by atoms with Crippen LogP contribution >= 0.6 is 0 Å². The van der Waals surface area contributed by atoms with Crippen LogP contribution in [0.2, 0.25) is 0 Å². The molecular weight excluding hydrogens is 190 g/mol. The zero-order valence-corrected chi connectivity index (χ0v) is 9.74. The number of piperidine rings is 1. The number of carboxylic acids is 1. The van der Waals surface area contributed by atoms with E-state index in [0.717, 1.165) is 18.9 Å². The van der Waals surface area contributed by atoms with E-state index in [-0.39, 0.29) is 0 Å². The molecule has 1 fully saturated rings. The molecule has 0 atom stereocenters. The van der Waals surface area contributed by atoms with Gasteiger partial charge in [0.05, 0.1) is 0 Å². The first-order valence-electron chi connectivity index (χ1n) is 6.16. The van der Waals surface area contributed by atoms with Crippen LogP contribution in [0.4, 0.5) is 0 Å². The highest BCUT2D eigenvalue weighted by Gasteiger charge is 2.17. The highest BCUT2D eigenvalue weighted by molar-refractivity contribution is 5.66. The van der Waals surface area contributed by atoms with Crippen LogP contribution in [0, 0.1) is 5.92 Å². The summed E-state index contributed by atoms with van der Waals surface area (Å²) in [4.78, 5) is 12.8. The Kier molecular flexibility index (Phi) is 5.69. The Morgan fingerprint density at radius 2 is 2.07 bits per heavy atom. The van der Waals surface area contributed by atoms with E-state index in [9.17, 15) is 4.79 Å². The molecule has 0 aromatic rings. The molecule has 0 radical (unpaired) electrons.